The molecule has 0 radical (unpaired) electrons. The first-order valence-electron chi connectivity index (χ1n) is 6.46. The van der Waals surface area contributed by atoms with Crippen LogP contribution in [-0.4, -0.2) is 48.3 Å². The second-order valence-corrected chi connectivity index (χ2v) is 4.89. The second-order valence-electron chi connectivity index (χ2n) is 4.89. The van der Waals surface area contributed by atoms with E-state index in [4.69, 9.17) is 14.8 Å². The average Bonchev–Trinajstić information content (AvgIpc) is 2.38. The lowest BCUT2D eigenvalue weighted by molar-refractivity contribution is 0.125. The minimum atomic E-state index is -1.44. The van der Waals surface area contributed by atoms with Crippen molar-refractivity contribution in [2.75, 3.05) is 20.2 Å². The van der Waals surface area contributed by atoms with Crippen molar-refractivity contribution in [2.24, 2.45) is 0 Å². The van der Waals surface area contributed by atoms with Crippen LogP contribution >= 0.6 is 0 Å². The summed E-state index contributed by atoms with van der Waals surface area (Å²) in [6.45, 7) is 1.78. The number of rotatable bonds is 4. The maximum absolute atomic E-state index is 9.10. The van der Waals surface area contributed by atoms with Gasteiger partial charge in [-0.15, -0.1) is 0 Å². The molecule has 0 bridgehead atoms. The lowest BCUT2D eigenvalue weighted by atomic mass is 9.80. The first-order chi connectivity index (χ1) is 8.66. The highest BCUT2D eigenvalue weighted by molar-refractivity contribution is 6.58. The highest BCUT2D eigenvalue weighted by Gasteiger charge is 2.19. The van der Waals surface area contributed by atoms with Gasteiger partial charge in [0, 0.05) is 6.04 Å². The number of piperidine rings is 1. The maximum atomic E-state index is 9.10. The average molecular weight is 249 g/mol. The molecule has 1 aromatic rings. The van der Waals surface area contributed by atoms with Crippen LogP contribution in [0.4, 0.5) is 0 Å². The molecule has 1 aliphatic rings. The van der Waals surface area contributed by atoms with Gasteiger partial charge in [0.1, 0.15) is 12.4 Å². The van der Waals surface area contributed by atoms with E-state index in [-0.39, 0.29) is 0 Å². The van der Waals surface area contributed by atoms with Gasteiger partial charge in [-0.2, -0.15) is 0 Å². The lowest BCUT2D eigenvalue weighted by Crippen LogP contribution is -2.40. The molecule has 0 saturated carbocycles. The van der Waals surface area contributed by atoms with Crippen molar-refractivity contribution < 1.29 is 14.8 Å². The minimum Gasteiger partial charge on any atom is -0.492 e. The molecule has 1 unspecified atom stereocenters. The predicted octanol–water partition coefficient (Wildman–Crippen LogP) is 0.230. The van der Waals surface area contributed by atoms with Gasteiger partial charge < -0.3 is 19.7 Å². The van der Waals surface area contributed by atoms with E-state index in [0.717, 1.165) is 6.54 Å². The third kappa shape index (κ3) is 3.48. The molecule has 98 valence electrons. The molecule has 0 amide bonds. The van der Waals surface area contributed by atoms with Gasteiger partial charge >= 0.3 is 7.12 Å². The van der Waals surface area contributed by atoms with Gasteiger partial charge in [0.15, 0.2) is 0 Å². The van der Waals surface area contributed by atoms with Crippen LogP contribution in [0.3, 0.4) is 0 Å². The van der Waals surface area contributed by atoms with Crippen molar-refractivity contribution in [3.63, 3.8) is 0 Å². The zero-order valence-electron chi connectivity index (χ0n) is 10.7. The SMILES string of the molecule is CN1CCCCC1COc1cccc(B(O)O)c1. The third-order valence-electron chi connectivity index (χ3n) is 3.52. The van der Waals surface area contributed by atoms with E-state index < -0.39 is 7.12 Å². The Morgan fingerprint density at radius 3 is 2.94 bits per heavy atom. The highest BCUT2D eigenvalue weighted by atomic mass is 16.5. The summed E-state index contributed by atoms with van der Waals surface area (Å²) in [5.41, 5.74) is 0.462. The van der Waals surface area contributed by atoms with E-state index in [1.807, 2.05) is 6.07 Å². The van der Waals surface area contributed by atoms with Gasteiger partial charge in [0.2, 0.25) is 0 Å². The molecule has 0 aromatic heterocycles. The van der Waals surface area contributed by atoms with Crippen LogP contribution < -0.4 is 10.2 Å². The van der Waals surface area contributed by atoms with Crippen molar-refractivity contribution in [1.82, 2.24) is 4.90 Å². The third-order valence-corrected chi connectivity index (χ3v) is 3.52. The van der Waals surface area contributed by atoms with E-state index in [2.05, 4.69) is 11.9 Å². The zero-order chi connectivity index (χ0) is 13.0. The maximum Gasteiger partial charge on any atom is 0.488 e. The largest absolute Gasteiger partial charge is 0.492 e. The van der Waals surface area contributed by atoms with Gasteiger partial charge in [-0.25, -0.2) is 0 Å². The first kappa shape index (κ1) is 13.4. The highest BCUT2D eigenvalue weighted by Crippen LogP contribution is 2.16. The molecule has 1 aromatic carbocycles. The van der Waals surface area contributed by atoms with E-state index in [0.29, 0.717) is 23.9 Å². The Balaban J connectivity index is 1.91. The number of likely N-dealkylation sites (N-methyl/N-ethyl adjacent to an activating group) is 1. The van der Waals surface area contributed by atoms with Crippen molar-refractivity contribution >= 4 is 12.6 Å². The monoisotopic (exact) mass is 249 g/mol. The fourth-order valence-corrected chi connectivity index (χ4v) is 2.31. The second kappa shape index (κ2) is 6.23. The molecule has 4 nitrogen and oxygen atoms in total. The molecule has 0 aliphatic carbocycles. The van der Waals surface area contributed by atoms with Crippen LogP contribution in [0.25, 0.3) is 0 Å². The molecular weight excluding hydrogens is 229 g/mol. The summed E-state index contributed by atoms with van der Waals surface area (Å²) < 4.78 is 5.74. The number of nitrogens with zero attached hydrogens (tertiary/aromatic N) is 1. The molecule has 1 atom stereocenters. The van der Waals surface area contributed by atoms with Crippen molar-refractivity contribution in [1.29, 1.82) is 0 Å². The summed E-state index contributed by atoms with van der Waals surface area (Å²) in [6, 6.07) is 7.42. The molecule has 5 heteroatoms. The van der Waals surface area contributed by atoms with E-state index >= 15 is 0 Å². The van der Waals surface area contributed by atoms with Crippen LogP contribution in [0.15, 0.2) is 24.3 Å². The summed E-state index contributed by atoms with van der Waals surface area (Å²) >= 11 is 0. The Morgan fingerprint density at radius 1 is 1.39 bits per heavy atom. The molecule has 1 saturated heterocycles. The Labute approximate surface area is 108 Å². The molecule has 1 aliphatic heterocycles. The summed E-state index contributed by atoms with van der Waals surface area (Å²) in [6.07, 6.45) is 3.69. The van der Waals surface area contributed by atoms with Crippen LogP contribution in [0.1, 0.15) is 19.3 Å². The van der Waals surface area contributed by atoms with Gasteiger partial charge in [0.05, 0.1) is 0 Å². The molecule has 0 spiro atoms. The topological polar surface area (TPSA) is 52.9 Å². The summed E-state index contributed by atoms with van der Waals surface area (Å²) in [7, 11) is 0.687. The van der Waals surface area contributed by atoms with E-state index in [1.54, 1.807) is 18.2 Å². The lowest BCUT2D eigenvalue weighted by Gasteiger charge is -2.32. The Morgan fingerprint density at radius 2 is 2.22 bits per heavy atom. The van der Waals surface area contributed by atoms with Gasteiger partial charge in [-0.1, -0.05) is 18.6 Å². The smallest absolute Gasteiger partial charge is 0.488 e. The minimum absolute atomic E-state index is 0.460. The fourth-order valence-electron chi connectivity index (χ4n) is 2.31. The predicted molar refractivity (Wildman–Crippen MR) is 72.0 cm³/mol. The van der Waals surface area contributed by atoms with Gasteiger partial charge in [0.25, 0.3) is 0 Å². The van der Waals surface area contributed by atoms with E-state index in [9.17, 15) is 0 Å². The number of benzene rings is 1. The summed E-state index contributed by atoms with van der Waals surface area (Å²) in [5.74, 6) is 0.694. The van der Waals surface area contributed by atoms with Crippen LogP contribution in [0.2, 0.25) is 0 Å². The fraction of sp³-hybridized carbons (Fsp3) is 0.538. The first-order valence-corrected chi connectivity index (χ1v) is 6.46. The molecule has 1 heterocycles. The van der Waals surface area contributed by atoms with Crippen molar-refractivity contribution in [3.05, 3.63) is 24.3 Å². The summed E-state index contributed by atoms with van der Waals surface area (Å²) in [4.78, 5) is 2.33. The normalized spacial score (nSPS) is 20.7. The van der Waals surface area contributed by atoms with Gasteiger partial charge in [-0.05, 0) is 44.0 Å². The number of likely N-dealkylation sites (tertiary alicyclic amines) is 1. The standard InChI is InChI=1S/C13H20BNO3/c1-15-8-3-2-6-12(15)10-18-13-7-4-5-11(9-13)14(16)17/h4-5,7,9,12,16-17H,2-3,6,8,10H2,1H3. The molecular formula is C13H20BNO3. The Hall–Kier alpha value is -1.04. The van der Waals surface area contributed by atoms with Gasteiger partial charge in [-0.3, -0.25) is 0 Å². The van der Waals surface area contributed by atoms with Crippen LogP contribution in [0, 0.1) is 0 Å². The molecule has 1 fully saturated rings. The Bertz CT molecular complexity index is 386. The number of hydrogen-bond donors (Lipinski definition) is 2. The number of ether oxygens (including phenoxy) is 1. The molecule has 2 N–H and O–H groups in total. The van der Waals surface area contributed by atoms with Crippen molar-refractivity contribution in [3.8, 4) is 5.75 Å². The quantitative estimate of drug-likeness (QED) is 0.750. The van der Waals surface area contributed by atoms with Crippen molar-refractivity contribution in [2.45, 2.75) is 25.3 Å². The van der Waals surface area contributed by atoms with E-state index in [1.165, 1.54) is 19.3 Å². The Kier molecular flexibility index (Phi) is 4.63. The van der Waals surface area contributed by atoms with Crippen LogP contribution in [-0.2, 0) is 0 Å². The molecule has 2 rings (SSSR count). The molecule has 18 heavy (non-hydrogen) atoms. The number of hydrogen-bond acceptors (Lipinski definition) is 4. The summed E-state index contributed by atoms with van der Waals surface area (Å²) in [5, 5.41) is 18.2. The van der Waals surface area contributed by atoms with Crippen LogP contribution in [0.5, 0.6) is 5.75 Å². The zero-order valence-corrected chi connectivity index (χ0v) is 10.7.